The molecule has 3 rings (SSSR count). The topological polar surface area (TPSA) is 84.5 Å². The van der Waals surface area contributed by atoms with Crippen LogP contribution in [0.4, 0.5) is 20.2 Å². The lowest BCUT2D eigenvalue weighted by Gasteiger charge is -2.14. The number of methoxy groups -OCH3 is 1. The molecule has 3 aromatic rings. The number of carbonyl (C=O) groups is 1. The number of benzene rings is 3. The Hall–Kier alpha value is -3.46. The Bertz CT molecular complexity index is 1130. The smallest absolute Gasteiger partial charge is 0.262 e. The van der Waals surface area contributed by atoms with E-state index < -0.39 is 27.6 Å². The van der Waals surface area contributed by atoms with Gasteiger partial charge >= 0.3 is 0 Å². The molecule has 0 fully saturated rings. The van der Waals surface area contributed by atoms with Crippen molar-refractivity contribution in [2.45, 2.75) is 4.90 Å². The van der Waals surface area contributed by atoms with E-state index in [4.69, 9.17) is 4.74 Å². The monoisotopic (exact) mass is 418 g/mol. The van der Waals surface area contributed by atoms with Crippen LogP contribution in [0.15, 0.2) is 71.6 Å². The molecule has 0 saturated carbocycles. The zero-order valence-corrected chi connectivity index (χ0v) is 16.0. The molecule has 29 heavy (non-hydrogen) atoms. The van der Waals surface area contributed by atoms with Gasteiger partial charge in [-0.25, -0.2) is 17.2 Å². The molecule has 9 heteroatoms. The van der Waals surface area contributed by atoms with E-state index in [0.29, 0.717) is 0 Å². The number of anilines is 2. The molecule has 1 amide bonds. The Morgan fingerprint density at radius 3 is 2.07 bits per heavy atom. The zero-order chi connectivity index (χ0) is 21.0. The number of nitrogens with one attached hydrogen (secondary N) is 2. The first-order valence-corrected chi connectivity index (χ1v) is 9.80. The Morgan fingerprint density at radius 2 is 1.48 bits per heavy atom. The molecular formula is C20H16F2N2O4S. The summed E-state index contributed by atoms with van der Waals surface area (Å²) >= 11 is 0. The van der Waals surface area contributed by atoms with Gasteiger partial charge in [0.1, 0.15) is 17.4 Å². The molecule has 0 spiro atoms. The van der Waals surface area contributed by atoms with E-state index in [1.807, 2.05) is 0 Å². The third kappa shape index (κ3) is 4.88. The quantitative estimate of drug-likeness (QED) is 0.633. The number of rotatable bonds is 6. The molecule has 0 atom stereocenters. The van der Waals surface area contributed by atoms with Crippen LogP contribution in [0.2, 0.25) is 0 Å². The second-order valence-electron chi connectivity index (χ2n) is 5.94. The number of hydrogen-bond donors (Lipinski definition) is 2. The average Bonchev–Trinajstić information content (AvgIpc) is 2.69. The van der Waals surface area contributed by atoms with E-state index >= 15 is 0 Å². The summed E-state index contributed by atoms with van der Waals surface area (Å²) in [7, 11) is -2.65. The van der Waals surface area contributed by atoms with Crippen molar-refractivity contribution in [3.63, 3.8) is 0 Å². The number of hydrogen-bond acceptors (Lipinski definition) is 4. The molecule has 0 aromatic heterocycles. The van der Waals surface area contributed by atoms with Crippen LogP contribution in [0.1, 0.15) is 10.4 Å². The van der Waals surface area contributed by atoms with Gasteiger partial charge in [-0.3, -0.25) is 9.52 Å². The fourth-order valence-electron chi connectivity index (χ4n) is 2.49. The SMILES string of the molecule is COc1ccc(NC(=O)c2ccc(F)cc2)cc1NS(=O)(=O)c1ccc(F)cc1. The minimum Gasteiger partial charge on any atom is -0.495 e. The average molecular weight is 418 g/mol. The van der Waals surface area contributed by atoms with E-state index in [2.05, 4.69) is 10.0 Å². The van der Waals surface area contributed by atoms with E-state index in [1.54, 1.807) is 0 Å². The summed E-state index contributed by atoms with van der Waals surface area (Å²) in [5, 5.41) is 2.60. The lowest BCUT2D eigenvalue weighted by Crippen LogP contribution is -2.15. The van der Waals surface area contributed by atoms with Crippen LogP contribution in [-0.4, -0.2) is 21.4 Å². The van der Waals surface area contributed by atoms with Crippen molar-refractivity contribution in [1.29, 1.82) is 0 Å². The van der Waals surface area contributed by atoms with Crippen molar-refractivity contribution in [3.05, 3.63) is 83.9 Å². The highest BCUT2D eigenvalue weighted by Gasteiger charge is 2.17. The van der Waals surface area contributed by atoms with Gasteiger partial charge in [0.25, 0.3) is 15.9 Å². The van der Waals surface area contributed by atoms with Gasteiger partial charge in [-0.2, -0.15) is 0 Å². The van der Waals surface area contributed by atoms with Gasteiger partial charge in [-0.05, 0) is 66.7 Å². The van der Waals surface area contributed by atoms with Gasteiger partial charge in [0.15, 0.2) is 0 Å². The number of amides is 1. The van der Waals surface area contributed by atoms with Crippen molar-refractivity contribution in [3.8, 4) is 5.75 Å². The van der Waals surface area contributed by atoms with Crippen LogP contribution in [-0.2, 0) is 10.0 Å². The van der Waals surface area contributed by atoms with E-state index in [-0.39, 0.29) is 27.6 Å². The molecule has 0 aliphatic heterocycles. The van der Waals surface area contributed by atoms with Crippen molar-refractivity contribution >= 4 is 27.3 Å². The maximum atomic E-state index is 13.1. The maximum Gasteiger partial charge on any atom is 0.262 e. The second-order valence-corrected chi connectivity index (χ2v) is 7.62. The largest absolute Gasteiger partial charge is 0.495 e. The fourth-order valence-corrected chi connectivity index (χ4v) is 3.55. The summed E-state index contributed by atoms with van der Waals surface area (Å²) < 4.78 is 58.7. The third-order valence-electron chi connectivity index (χ3n) is 3.93. The predicted octanol–water partition coefficient (Wildman–Crippen LogP) is 4.03. The Labute approximate surface area is 166 Å². The predicted molar refractivity (Wildman–Crippen MR) is 105 cm³/mol. The van der Waals surface area contributed by atoms with Crippen molar-refractivity contribution in [2.75, 3.05) is 17.1 Å². The summed E-state index contributed by atoms with van der Waals surface area (Å²) in [6.45, 7) is 0. The van der Waals surface area contributed by atoms with Crippen molar-refractivity contribution in [1.82, 2.24) is 0 Å². The number of sulfonamides is 1. The van der Waals surface area contributed by atoms with Gasteiger partial charge in [-0.1, -0.05) is 0 Å². The summed E-state index contributed by atoms with van der Waals surface area (Å²) in [6, 6.07) is 13.7. The van der Waals surface area contributed by atoms with Gasteiger partial charge in [0, 0.05) is 11.3 Å². The molecule has 150 valence electrons. The highest BCUT2D eigenvalue weighted by atomic mass is 32.2. The molecule has 6 nitrogen and oxygen atoms in total. The maximum absolute atomic E-state index is 13.1. The van der Waals surface area contributed by atoms with Crippen LogP contribution in [0.25, 0.3) is 0 Å². The van der Waals surface area contributed by atoms with Crippen molar-refractivity contribution < 1.29 is 26.7 Å². The molecule has 0 heterocycles. The summed E-state index contributed by atoms with van der Waals surface area (Å²) in [6.07, 6.45) is 0. The molecule has 0 unspecified atom stereocenters. The van der Waals surface area contributed by atoms with Gasteiger partial charge in [0.2, 0.25) is 0 Å². The molecule has 0 bridgehead atoms. The van der Waals surface area contributed by atoms with Crippen molar-refractivity contribution in [2.24, 2.45) is 0 Å². The minimum atomic E-state index is -4.02. The summed E-state index contributed by atoms with van der Waals surface area (Å²) in [5.41, 5.74) is 0.598. The van der Waals surface area contributed by atoms with Gasteiger partial charge in [-0.15, -0.1) is 0 Å². The Morgan fingerprint density at radius 1 is 0.897 bits per heavy atom. The molecular weight excluding hydrogens is 402 g/mol. The van der Waals surface area contributed by atoms with Crippen LogP contribution in [0.5, 0.6) is 5.75 Å². The molecule has 0 saturated heterocycles. The van der Waals surface area contributed by atoms with E-state index in [0.717, 1.165) is 36.4 Å². The molecule has 0 aliphatic rings. The zero-order valence-electron chi connectivity index (χ0n) is 15.1. The fraction of sp³-hybridized carbons (Fsp3) is 0.0500. The Balaban J connectivity index is 1.86. The number of halogens is 2. The molecule has 0 radical (unpaired) electrons. The highest BCUT2D eigenvalue weighted by Crippen LogP contribution is 2.30. The lowest BCUT2D eigenvalue weighted by molar-refractivity contribution is 0.102. The first-order valence-electron chi connectivity index (χ1n) is 8.32. The minimum absolute atomic E-state index is 0.0775. The molecule has 2 N–H and O–H groups in total. The normalized spacial score (nSPS) is 11.0. The van der Waals surface area contributed by atoms with Gasteiger partial charge in [0.05, 0.1) is 17.7 Å². The third-order valence-corrected chi connectivity index (χ3v) is 5.31. The van der Waals surface area contributed by atoms with Crippen LogP contribution in [0, 0.1) is 11.6 Å². The standard InChI is InChI=1S/C20H16F2N2O4S/c1-28-19-11-8-16(23-20(25)13-2-4-14(21)5-3-13)12-18(19)24-29(26,27)17-9-6-15(22)7-10-17/h2-12,24H,1H3,(H,23,25). The van der Waals surface area contributed by atoms with Crippen LogP contribution < -0.4 is 14.8 Å². The summed E-state index contributed by atoms with van der Waals surface area (Å²) in [4.78, 5) is 12.2. The van der Waals surface area contributed by atoms with Crippen LogP contribution >= 0.6 is 0 Å². The first-order chi connectivity index (χ1) is 13.8. The molecule has 0 aliphatic carbocycles. The highest BCUT2D eigenvalue weighted by molar-refractivity contribution is 7.92. The molecule has 3 aromatic carbocycles. The number of carbonyl (C=O) groups excluding carboxylic acids is 1. The first kappa shape index (κ1) is 20.3. The van der Waals surface area contributed by atoms with Crippen LogP contribution in [0.3, 0.4) is 0 Å². The van der Waals surface area contributed by atoms with E-state index in [1.165, 1.54) is 37.4 Å². The number of ether oxygens (including phenoxy) is 1. The second kappa shape index (κ2) is 8.27. The lowest BCUT2D eigenvalue weighted by atomic mass is 10.2. The van der Waals surface area contributed by atoms with Gasteiger partial charge < -0.3 is 10.1 Å². The Kier molecular flexibility index (Phi) is 5.79. The van der Waals surface area contributed by atoms with E-state index in [9.17, 15) is 22.0 Å². The summed E-state index contributed by atoms with van der Waals surface area (Å²) in [5.74, 6) is -1.31.